The Hall–Kier alpha value is -1.53. The fourth-order valence-electron chi connectivity index (χ4n) is 1.52. The lowest BCUT2D eigenvalue weighted by molar-refractivity contribution is 0.361. The number of nitrogens with one attached hydrogen (secondary N) is 1. The summed E-state index contributed by atoms with van der Waals surface area (Å²) in [5, 5.41) is 3.38. The predicted molar refractivity (Wildman–Crippen MR) is 74.5 cm³/mol. The summed E-state index contributed by atoms with van der Waals surface area (Å²) >= 11 is 0. The molecule has 0 aromatic carbocycles. The highest BCUT2D eigenvalue weighted by atomic mass is 16.5. The molecule has 1 aromatic heterocycles. The van der Waals surface area contributed by atoms with E-state index < -0.39 is 0 Å². The van der Waals surface area contributed by atoms with Crippen LogP contribution in [-0.2, 0) is 6.54 Å². The van der Waals surface area contributed by atoms with Crippen molar-refractivity contribution in [3.63, 3.8) is 0 Å². The molecule has 1 rings (SSSR count). The van der Waals surface area contributed by atoms with Gasteiger partial charge in [0.25, 0.3) is 0 Å². The molecule has 0 fully saturated rings. The lowest BCUT2D eigenvalue weighted by atomic mass is 10.2. The number of ether oxygens (including phenoxy) is 1. The summed E-state index contributed by atoms with van der Waals surface area (Å²) in [6, 6.07) is 3.92. The second kappa shape index (κ2) is 7.73. The molecule has 0 spiro atoms. The largest absolute Gasteiger partial charge is 0.479 e. The van der Waals surface area contributed by atoms with Crippen molar-refractivity contribution in [1.82, 2.24) is 10.3 Å². The van der Waals surface area contributed by atoms with Crippen LogP contribution in [0.15, 0.2) is 12.1 Å². The molecule has 3 nitrogen and oxygen atoms in total. The van der Waals surface area contributed by atoms with E-state index >= 15 is 0 Å². The summed E-state index contributed by atoms with van der Waals surface area (Å²) in [5.74, 6) is 7.16. The molecule has 0 amide bonds. The zero-order valence-electron chi connectivity index (χ0n) is 11.7. The predicted octanol–water partition coefficient (Wildman–Crippen LogP) is 2.54. The molecular weight excluding hydrogens is 224 g/mol. The van der Waals surface area contributed by atoms with Gasteiger partial charge in [-0.3, -0.25) is 4.98 Å². The maximum absolute atomic E-state index is 5.61. The first kappa shape index (κ1) is 14.5. The van der Waals surface area contributed by atoms with Crippen LogP contribution in [0.25, 0.3) is 0 Å². The standard InChI is InChI=1S/C15H22N2O/c1-5-6-9-18-15-8-7-13(4)17-14(15)11-16-10-12(2)3/h7-8,12,16H,9-11H2,1-4H3. The summed E-state index contributed by atoms with van der Waals surface area (Å²) in [6.45, 7) is 10.3. The van der Waals surface area contributed by atoms with Crippen molar-refractivity contribution in [1.29, 1.82) is 0 Å². The van der Waals surface area contributed by atoms with Crippen LogP contribution >= 0.6 is 0 Å². The molecule has 0 aliphatic heterocycles. The lowest BCUT2D eigenvalue weighted by Crippen LogP contribution is -2.20. The molecular formula is C15H22N2O. The normalized spacial score (nSPS) is 10.1. The van der Waals surface area contributed by atoms with E-state index in [0.717, 1.165) is 30.2 Å². The Balaban J connectivity index is 2.66. The SMILES string of the molecule is CC#CCOc1ccc(C)nc1CNCC(C)C. The Kier molecular flexibility index (Phi) is 6.24. The molecule has 1 heterocycles. The molecule has 0 bridgehead atoms. The van der Waals surface area contributed by atoms with E-state index in [2.05, 4.69) is 36.0 Å². The van der Waals surface area contributed by atoms with Crippen LogP contribution in [0.4, 0.5) is 0 Å². The second-order valence-corrected chi connectivity index (χ2v) is 4.64. The fraction of sp³-hybridized carbons (Fsp3) is 0.533. The van der Waals surface area contributed by atoms with E-state index in [0.29, 0.717) is 12.5 Å². The van der Waals surface area contributed by atoms with Gasteiger partial charge in [0.2, 0.25) is 0 Å². The molecule has 18 heavy (non-hydrogen) atoms. The molecule has 0 aliphatic rings. The van der Waals surface area contributed by atoms with Crippen molar-refractivity contribution in [2.75, 3.05) is 13.2 Å². The maximum Gasteiger partial charge on any atom is 0.149 e. The first-order valence-corrected chi connectivity index (χ1v) is 6.33. The van der Waals surface area contributed by atoms with E-state index in [4.69, 9.17) is 4.74 Å². The highest BCUT2D eigenvalue weighted by Gasteiger charge is 2.05. The Labute approximate surface area is 110 Å². The van der Waals surface area contributed by atoms with Crippen LogP contribution in [0.2, 0.25) is 0 Å². The fourth-order valence-corrected chi connectivity index (χ4v) is 1.52. The Morgan fingerprint density at radius 2 is 2.17 bits per heavy atom. The van der Waals surface area contributed by atoms with Gasteiger partial charge in [-0.25, -0.2) is 0 Å². The number of pyridine rings is 1. The summed E-state index contributed by atoms with van der Waals surface area (Å²) < 4.78 is 5.61. The number of aryl methyl sites for hydroxylation is 1. The van der Waals surface area contributed by atoms with E-state index in [9.17, 15) is 0 Å². The lowest BCUT2D eigenvalue weighted by Gasteiger charge is -2.11. The van der Waals surface area contributed by atoms with Crippen molar-refractivity contribution in [3.05, 3.63) is 23.5 Å². The quantitative estimate of drug-likeness (QED) is 0.783. The molecule has 1 N–H and O–H groups in total. The molecule has 98 valence electrons. The minimum Gasteiger partial charge on any atom is -0.479 e. The molecule has 0 radical (unpaired) electrons. The van der Waals surface area contributed by atoms with Crippen molar-refractivity contribution in [3.8, 4) is 17.6 Å². The maximum atomic E-state index is 5.61. The molecule has 0 saturated heterocycles. The molecule has 0 aliphatic carbocycles. The van der Waals surface area contributed by atoms with Crippen molar-refractivity contribution < 1.29 is 4.74 Å². The Bertz CT molecular complexity index is 430. The van der Waals surface area contributed by atoms with Gasteiger partial charge in [0.05, 0.1) is 5.69 Å². The first-order chi connectivity index (χ1) is 8.63. The highest BCUT2D eigenvalue weighted by Crippen LogP contribution is 2.16. The first-order valence-electron chi connectivity index (χ1n) is 6.33. The number of hydrogen-bond donors (Lipinski definition) is 1. The second-order valence-electron chi connectivity index (χ2n) is 4.64. The molecule has 0 unspecified atom stereocenters. The van der Waals surface area contributed by atoms with Gasteiger partial charge >= 0.3 is 0 Å². The van der Waals surface area contributed by atoms with Crippen LogP contribution in [0.1, 0.15) is 32.2 Å². The minimum atomic E-state index is 0.415. The minimum absolute atomic E-state index is 0.415. The van der Waals surface area contributed by atoms with E-state index in [-0.39, 0.29) is 0 Å². The summed E-state index contributed by atoms with van der Waals surface area (Å²) in [5.41, 5.74) is 1.96. The van der Waals surface area contributed by atoms with Gasteiger partial charge < -0.3 is 10.1 Å². The van der Waals surface area contributed by atoms with E-state index in [1.807, 2.05) is 26.0 Å². The van der Waals surface area contributed by atoms with Crippen molar-refractivity contribution in [2.24, 2.45) is 5.92 Å². The summed E-state index contributed by atoms with van der Waals surface area (Å²) in [4.78, 5) is 4.51. The van der Waals surface area contributed by atoms with Gasteiger partial charge in [0, 0.05) is 12.2 Å². The molecule has 3 heteroatoms. The zero-order chi connectivity index (χ0) is 13.4. The third-order valence-corrected chi connectivity index (χ3v) is 2.39. The van der Waals surface area contributed by atoms with Crippen LogP contribution < -0.4 is 10.1 Å². The zero-order valence-corrected chi connectivity index (χ0v) is 11.7. The van der Waals surface area contributed by atoms with Crippen molar-refractivity contribution in [2.45, 2.75) is 34.2 Å². The van der Waals surface area contributed by atoms with Gasteiger partial charge in [-0.05, 0) is 38.4 Å². The molecule has 0 atom stereocenters. The van der Waals surface area contributed by atoms with E-state index in [1.54, 1.807) is 0 Å². The third-order valence-electron chi connectivity index (χ3n) is 2.39. The van der Waals surface area contributed by atoms with Gasteiger partial charge in [-0.15, -0.1) is 5.92 Å². The summed E-state index contributed by atoms with van der Waals surface area (Å²) in [7, 11) is 0. The average Bonchev–Trinajstić information content (AvgIpc) is 2.31. The number of nitrogens with zero attached hydrogens (tertiary/aromatic N) is 1. The van der Waals surface area contributed by atoms with Crippen LogP contribution in [-0.4, -0.2) is 18.1 Å². The van der Waals surface area contributed by atoms with E-state index in [1.165, 1.54) is 0 Å². The third kappa shape index (κ3) is 5.20. The van der Waals surface area contributed by atoms with Crippen LogP contribution in [0.5, 0.6) is 5.75 Å². The monoisotopic (exact) mass is 246 g/mol. The van der Waals surface area contributed by atoms with Gasteiger partial charge in [0.15, 0.2) is 0 Å². The van der Waals surface area contributed by atoms with Gasteiger partial charge in [0.1, 0.15) is 12.4 Å². The highest BCUT2D eigenvalue weighted by molar-refractivity contribution is 5.29. The number of hydrogen-bond acceptors (Lipinski definition) is 3. The average molecular weight is 246 g/mol. The smallest absolute Gasteiger partial charge is 0.149 e. The molecule has 0 saturated carbocycles. The Morgan fingerprint density at radius 1 is 1.39 bits per heavy atom. The molecule has 1 aromatic rings. The summed E-state index contributed by atoms with van der Waals surface area (Å²) in [6.07, 6.45) is 0. The van der Waals surface area contributed by atoms with Crippen molar-refractivity contribution >= 4 is 0 Å². The Morgan fingerprint density at radius 3 is 2.83 bits per heavy atom. The van der Waals surface area contributed by atoms with Crippen LogP contribution in [0.3, 0.4) is 0 Å². The number of aromatic nitrogens is 1. The van der Waals surface area contributed by atoms with Crippen LogP contribution in [0, 0.1) is 24.7 Å². The number of rotatable bonds is 6. The topological polar surface area (TPSA) is 34.1 Å². The van der Waals surface area contributed by atoms with Gasteiger partial charge in [-0.1, -0.05) is 19.8 Å². The van der Waals surface area contributed by atoms with Gasteiger partial charge in [-0.2, -0.15) is 0 Å².